The highest BCUT2D eigenvalue weighted by molar-refractivity contribution is 7.90. The van der Waals surface area contributed by atoms with E-state index >= 15 is 0 Å². The zero-order chi connectivity index (χ0) is 14.1. The first kappa shape index (κ1) is 14.4. The number of hydrogen-bond acceptors (Lipinski definition) is 4. The zero-order valence-corrected chi connectivity index (χ0v) is 10.1. The second-order valence-corrected chi connectivity index (χ2v) is 5.63. The third kappa shape index (κ3) is 2.95. The molecule has 8 heteroatoms. The minimum atomic E-state index is -4.16. The van der Waals surface area contributed by atoms with Crippen molar-refractivity contribution in [3.63, 3.8) is 0 Å². The molecule has 0 aliphatic rings. The number of sulfone groups is 1. The maximum atomic E-state index is 13.5. The van der Waals surface area contributed by atoms with Gasteiger partial charge in [-0.2, -0.15) is 0 Å². The lowest BCUT2D eigenvalue weighted by atomic mass is 10.1. The quantitative estimate of drug-likeness (QED) is 0.861. The van der Waals surface area contributed by atoms with Gasteiger partial charge in [0.2, 0.25) is 0 Å². The average Bonchev–Trinajstić information content (AvgIpc) is 2.19. The Balaban J connectivity index is 3.33. The van der Waals surface area contributed by atoms with Crippen molar-refractivity contribution < 1.29 is 32.2 Å². The first-order chi connectivity index (χ1) is 8.14. The van der Waals surface area contributed by atoms with Gasteiger partial charge in [0.05, 0.1) is 0 Å². The van der Waals surface area contributed by atoms with Gasteiger partial charge in [0, 0.05) is 18.2 Å². The van der Waals surface area contributed by atoms with Gasteiger partial charge in [0.25, 0.3) is 0 Å². The fourth-order valence-electron chi connectivity index (χ4n) is 1.41. The van der Waals surface area contributed by atoms with E-state index in [2.05, 4.69) is 0 Å². The standard InChI is InChI=1S/C10H10F2O5S/c1-18(16,17)10-6(11)4-5(2-3-7(13)14)9(15)8(10)12/h4,15H,2-3H2,1H3,(H,13,14). The SMILES string of the molecule is CS(=O)(=O)c1c(F)cc(CCC(=O)O)c(O)c1F. The van der Waals surface area contributed by atoms with Crippen LogP contribution in [0.2, 0.25) is 0 Å². The van der Waals surface area contributed by atoms with Crippen LogP contribution in [0.3, 0.4) is 0 Å². The third-order valence-corrected chi connectivity index (χ3v) is 3.32. The van der Waals surface area contributed by atoms with E-state index in [4.69, 9.17) is 5.11 Å². The number of halogens is 2. The summed E-state index contributed by atoms with van der Waals surface area (Å²) in [4.78, 5) is 9.09. The fraction of sp³-hybridized carbons (Fsp3) is 0.300. The van der Waals surface area contributed by atoms with Crippen LogP contribution in [-0.4, -0.2) is 30.9 Å². The lowest BCUT2D eigenvalue weighted by Crippen LogP contribution is -2.07. The molecule has 0 unspecified atom stereocenters. The van der Waals surface area contributed by atoms with Gasteiger partial charge in [0.1, 0.15) is 10.7 Å². The molecule has 0 aliphatic carbocycles. The highest BCUT2D eigenvalue weighted by Crippen LogP contribution is 2.30. The Morgan fingerprint density at radius 3 is 2.39 bits per heavy atom. The highest BCUT2D eigenvalue weighted by atomic mass is 32.2. The van der Waals surface area contributed by atoms with Crippen LogP contribution < -0.4 is 0 Å². The number of phenols is 1. The van der Waals surface area contributed by atoms with Crippen LogP contribution in [0.25, 0.3) is 0 Å². The summed E-state index contributed by atoms with van der Waals surface area (Å²) in [6.45, 7) is 0. The van der Waals surface area contributed by atoms with Crippen molar-refractivity contribution in [2.75, 3.05) is 6.26 Å². The van der Waals surface area contributed by atoms with Crippen LogP contribution in [0.4, 0.5) is 8.78 Å². The number of carbonyl (C=O) groups is 1. The number of aryl methyl sites for hydroxylation is 1. The van der Waals surface area contributed by atoms with Crippen molar-refractivity contribution in [3.05, 3.63) is 23.3 Å². The number of hydrogen-bond donors (Lipinski definition) is 2. The lowest BCUT2D eigenvalue weighted by molar-refractivity contribution is -0.136. The summed E-state index contributed by atoms with van der Waals surface area (Å²) in [5.41, 5.74) is -0.292. The summed E-state index contributed by atoms with van der Waals surface area (Å²) in [6, 6.07) is 0.623. The molecule has 0 radical (unpaired) electrons. The van der Waals surface area contributed by atoms with Crippen LogP contribution in [0.15, 0.2) is 11.0 Å². The van der Waals surface area contributed by atoms with Crippen molar-refractivity contribution >= 4 is 15.8 Å². The van der Waals surface area contributed by atoms with Crippen LogP contribution in [-0.2, 0) is 21.1 Å². The van der Waals surface area contributed by atoms with Crippen molar-refractivity contribution in [2.24, 2.45) is 0 Å². The number of rotatable bonds is 4. The Bertz CT molecular complexity index is 595. The molecule has 0 aromatic heterocycles. The first-order valence-corrected chi connectivity index (χ1v) is 6.65. The summed E-state index contributed by atoms with van der Waals surface area (Å²) in [5.74, 6) is -5.20. The van der Waals surface area contributed by atoms with Gasteiger partial charge in [-0.25, -0.2) is 17.2 Å². The molecule has 18 heavy (non-hydrogen) atoms. The van der Waals surface area contributed by atoms with Crippen molar-refractivity contribution in [3.8, 4) is 5.75 Å². The zero-order valence-electron chi connectivity index (χ0n) is 9.27. The third-order valence-electron chi connectivity index (χ3n) is 2.21. The molecule has 0 saturated heterocycles. The molecule has 0 atom stereocenters. The second-order valence-electron chi connectivity index (χ2n) is 3.68. The molecule has 0 bridgehead atoms. The maximum Gasteiger partial charge on any atom is 0.303 e. The first-order valence-electron chi connectivity index (χ1n) is 4.76. The molecule has 0 saturated carbocycles. The van der Waals surface area contributed by atoms with E-state index < -0.39 is 44.5 Å². The molecular weight excluding hydrogens is 270 g/mol. The van der Waals surface area contributed by atoms with E-state index in [0.29, 0.717) is 12.3 Å². The minimum absolute atomic E-state index is 0.292. The van der Waals surface area contributed by atoms with Gasteiger partial charge in [-0.1, -0.05) is 0 Å². The van der Waals surface area contributed by atoms with Crippen molar-refractivity contribution in [2.45, 2.75) is 17.7 Å². The van der Waals surface area contributed by atoms with Gasteiger partial charge in [-0.05, 0) is 12.5 Å². The molecule has 1 rings (SSSR count). The summed E-state index contributed by atoms with van der Waals surface area (Å²) >= 11 is 0. The van der Waals surface area contributed by atoms with Crippen molar-refractivity contribution in [1.82, 2.24) is 0 Å². The van der Waals surface area contributed by atoms with E-state index in [0.717, 1.165) is 0 Å². The summed E-state index contributed by atoms with van der Waals surface area (Å²) in [7, 11) is -4.16. The topological polar surface area (TPSA) is 91.7 Å². The van der Waals surface area contributed by atoms with Crippen LogP contribution >= 0.6 is 0 Å². The van der Waals surface area contributed by atoms with E-state index in [1.54, 1.807) is 0 Å². The number of benzene rings is 1. The normalized spacial score (nSPS) is 11.5. The number of phenolic OH excluding ortho intramolecular Hbond substituents is 1. The molecule has 0 amide bonds. The molecule has 5 nitrogen and oxygen atoms in total. The maximum absolute atomic E-state index is 13.5. The molecule has 2 N–H and O–H groups in total. The Labute approximate surface area is 102 Å². The smallest absolute Gasteiger partial charge is 0.303 e. The fourth-order valence-corrected chi connectivity index (χ4v) is 2.25. The van der Waals surface area contributed by atoms with Crippen LogP contribution in [0.5, 0.6) is 5.75 Å². The number of carboxylic acid groups (broad SMARTS) is 1. The van der Waals surface area contributed by atoms with Crippen molar-refractivity contribution in [1.29, 1.82) is 0 Å². The molecule has 0 aliphatic heterocycles. The van der Waals surface area contributed by atoms with Gasteiger partial charge >= 0.3 is 5.97 Å². The second kappa shape index (κ2) is 4.89. The summed E-state index contributed by atoms with van der Waals surface area (Å²) in [5, 5.41) is 17.8. The Morgan fingerprint density at radius 2 is 1.94 bits per heavy atom. The van der Waals surface area contributed by atoms with E-state index in [1.165, 1.54) is 0 Å². The Morgan fingerprint density at radius 1 is 1.39 bits per heavy atom. The molecule has 0 spiro atoms. The molecule has 0 heterocycles. The van der Waals surface area contributed by atoms with E-state index in [9.17, 15) is 27.1 Å². The minimum Gasteiger partial charge on any atom is -0.505 e. The summed E-state index contributed by atoms with van der Waals surface area (Å²) in [6.07, 6.45) is -0.144. The molecule has 0 fully saturated rings. The van der Waals surface area contributed by atoms with Gasteiger partial charge < -0.3 is 10.2 Å². The summed E-state index contributed by atoms with van der Waals surface area (Å²) < 4.78 is 49.2. The van der Waals surface area contributed by atoms with Crippen LogP contribution in [0, 0.1) is 11.6 Å². The Kier molecular flexibility index (Phi) is 3.90. The predicted molar refractivity (Wildman–Crippen MR) is 57.1 cm³/mol. The van der Waals surface area contributed by atoms with E-state index in [-0.39, 0.29) is 12.0 Å². The number of aliphatic carboxylic acids is 1. The monoisotopic (exact) mass is 280 g/mol. The molecule has 100 valence electrons. The average molecular weight is 280 g/mol. The highest BCUT2D eigenvalue weighted by Gasteiger charge is 2.25. The predicted octanol–water partition coefficient (Wildman–Crippen LogP) is 1.09. The Hall–Kier alpha value is -1.70. The van der Waals surface area contributed by atoms with Gasteiger partial charge in [-0.3, -0.25) is 4.79 Å². The number of carboxylic acids is 1. The molecule has 1 aromatic carbocycles. The molecule has 1 aromatic rings. The number of aromatic hydroxyl groups is 1. The van der Waals surface area contributed by atoms with E-state index in [1.807, 2.05) is 0 Å². The lowest BCUT2D eigenvalue weighted by Gasteiger charge is -2.09. The van der Waals surface area contributed by atoms with Gasteiger partial charge in [0.15, 0.2) is 21.4 Å². The van der Waals surface area contributed by atoms with Crippen LogP contribution in [0.1, 0.15) is 12.0 Å². The van der Waals surface area contributed by atoms with Gasteiger partial charge in [-0.15, -0.1) is 0 Å². The molecular formula is C10H10F2O5S. The largest absolute Gasteiger partial charge is 0.505 e.